The maximum atomic E-state index is 12.3. The number of benzene rings is 1. The fourth-order valence-corrected chi connectivity index (χ4v) is 2.84. The van der Waals surface area contributed by atoms with Crippen molar-refractivity contribution in [1.29, 1.82) is 0 Å². The summed E-state index contributed by atoms with van der Waals surface area (Å²) in [6.07, 6.45) is 3.35. The summed E-state index contributed by atoms with van der Waals surface area (Å²) in [4.78, 5) is 22.5. The van der Waals surface area contributed by atoms with Crippen molar-refractivity contribution in [3.63, 3.8) is 0 Å². The molecule has 1 saturated heterocycles. The van der Waals surface area contributed by atoms with E-state index in [9.17, 15) is 4.79 Å². The Morgan fingerprint density at radius 1 is 1.24 bits per heavy atom. The largest absolute Gasteiger partial charge is 0.484 e. The van der Waals surface area contributed by atoms with Crippen LogP contribution in [0.15, 0.2) is 36.5 Å². The van der Waals surface area contributed by atoms with E-state index in [2.05, 4.69) is 9.97 Å². The number of hydrogen-bond acceptors (Lipinski definition) is 5. The quantitative estimate of drug-likeness (QED) is 0.836. The number of aryl methyl sites for hydroxylation is 2. The van der Waals surface area contributed by atoms with Crippen molar-refractivity contribution in [3.05, 3.63) is 47.9 Å². The number of hydrogen-bond donors (Lipinski definition) is 0. The second-order valence-electron chi connectivity index (χ2n) is 6.25. The van der Waals surface area contributed by atoms with Crippen LogP contribution in [0.25, 0.3) is 0 Å². The summed E-state index contributed by atoms with van der Waals surface area (Å²) < 4.78 is 11.5. The Hall–Kier alpha value is -2.63. The van der Waals surface area contributed by atoms with E-state index in [-0.39, 0.29) is 18.6 Å². The van der Waals surface area contributed by atoms with Crippen LogP contribution in [0.2, 0.25) is 0 Å². The first-order valence-electron chi connectivity index (χ1n) is 8.54. The van der Waals surface area contributed by atoms with Crippen LogP contribution in [0.1, 0.15) is 24.2 Å². The third kappa shape index (κ3) is 4.92. The number of carbonyl (C=O) groups excluding carboxylic acids is 1. The van der Waals surface area contributed by atoms with E-state index >= 15 is 0 Å². The summed E-state index contributed by atoms with van der Waals surface area (Å²) in [7, 11) is 0. The van der Waals surface area contributed by atoms with Crippen LogP contribution in [-0.4, -0.2) is 46.6 Å². The van der Waals surface area contributed by atoms with Crippen molar-refractivity contribution in [2.75, 3.05) is 19.7 Å². The van der Waals surface area contributed by atoms with Crippen LogP contribution in [0.4, 0.5) is 0 Å². The van der Waals surface area contributed by atoms with E-state index in [0.29, 0.717) is 24.8 Å². The molecule has 1 aromatic carbocycles. The van der Waals surface area contributed by atoms with Gasteiger partial charge in [0.25, 0.3) is 5.91 Å². The average molecular weight is 341 g/mol. The molecule has 0 atom stereocenters. The van der Waals surface area contributed by atoms with Gasteiger partial charge in [-0.15, -0.1) is 0 Å². The molecule has 6 heteroatoms. The summed E-state index contributed by atoms with van der Waals surface area (Å²) >= 11 is 0. The summed E-state index contributed by atoms with van der Waals surface area (Å²) in [5.41, 5.74) is 1.11. The number of amides is 1. The lowest BCUT2D eigenvalue weighted by atomic mass is 10.1. The predicted molar refractivity (Wildman–Crippen MR) is 93.7 cm³/mol. The predicted octanol–water partition coefficient (Wildman–Crippen LogP) is 2.54. The Morgan fingerprint density at radius 3 is 2.76 bits per heavy atom. The number of ether oxygens (including phenoxy) is 2. The monoisotopic (exact) mass is 341 g/mol. The van der Waals surface area contributed by atoms with Gasteiger partial charge in [-0.25, -0.2) is 4.98 Å². The minimum absolute atomic E-state index is 0.0119. The smallest absolute Gasteiger partial charge is 0.260 e. The molecule has 25 heavy (non-hydrogen) atoms. The van der Waals surface area contributed by atoms with E-state index in [1.54, 1.807) is 12.3 Å². The molecule has 0 N–H and O–H groups in total. The van der Waals surface area contributed by atoms with Gasteiger partial charge < -0.3 is 14.4 Å². The number of aromatic nitrogens is 2. The molecule has 1 aromatic heterocycles. The van der Waals surface area contributed by atoms with Gasteiger partial charge in [-0.1, -0.05) is 12.1 Å². The molecule has 0 unspecified atom stereocenters. The van der Waals surface area contributed by atoms with E-state index < -0.39 is 0 Å². The van der Waals surface area contributed by atoms with E-state index in [0.717, 1.165) is 24.2 Å². The fraction of sp³-hybridized carbons (Fsp3) is 0.421. The molecule has 0 radical (unpaired) electrons. The zero-order chi connectivity index (χ0) is 17.6. The summed E-state index contributed by atoms with van der Waals surface area (Å²) in [5.74, 6) is 2.03. The average Bonchev–Trinajstić information content (AvgIpc) is 2.60. The van der Waals surface area contributed by atoms with Crippen LogP contribution >= 0.6 is 0 Å². The van der Waals surface area contributed by atoms with Crippen molar-refractivity contribution < 1.29 is 14.3 Å². The van der Waals surface area contributed by atoms with Crippen LogP contribution < -0.4 is 9.47 Å². The second-order valence-corrected chi connectivity index (χ2v) is 6.25. The molecule has 1 aliphatic heterocycles. The molecule has 132 valence electrons. The van der Waals surface area contributed by atoms with Gasteiger partial charge in [-0.2, -0.15) is 4.98 Å². The summed E-state index contributed by atoms with van der Waals surface area (Å²) in [6, 6.07) is 9.48. The van der Waals surface area contributed by atoms with Crippen LogP contribution in [-0.2, 0) is 4.79 Å². The molecule has 2 aromatic rings. The molecular weight excluding hydrogens is 318 g/mol. The van der Waals surface area contributed by atoms with E-state index in [1.165, 1.54) is 0 Å². The maximum absolute atomic E-state index is 12.3. The minimum Gasteiger partial charge on any atom is -0.484 e. The molecule has 1 aliphatic rings. The van der Waals surface area contributed by atoms with Crippen molar-refractivity contribution in [2.24, 2.45) is 0 Å². The SMILES string of the molecule is Cc1cccc(OCC(=O)N2CCC(Oc3ccnc(C)n3)CC2)c1. The highest BCUT2D eigenvalue weighted by Crippen LogP contribution is 2.18. The van der Waals surface area contributed by atoms with Crippen molar-refractivity contribution in [2.45, 2.75) is 32.8 Å². The minimum atomic E-state index is 0.0119. The zero-order valence-electron chi connectivity index (χ0n) is 14.6. The Kier molecular flexibility index (Phi) is 5.48. The highest BCUT2D eigenvalue weighted by atomic mass is 16.5. The lowest BCUT2D eigenvalue weighted by Crippen LogP contribution is -2.43. The number of rotatable bonds is 5. The van der Waals surface area contributed by atoms with Gasteiger partial charge in [0, 0.05) is 38.2 Å². The maximum Gasteiger partial charge on any atom is 0.260 e. The van der Waals surface area contributed by atoms with Gasteiger partial charge >= 0.3 is 0 Å². The lowest BCUT2D eigenvalue weighted by molar-refractivity contribution is -0.135. The summed E-state index contributed by atoms with van der Waals surface area (Å²) in [5, 5.41) is 0. The molecule has 6 nitrogen and oxygen atoms in total. The first-order chi connectivity index (χ1) is 12.1. The summed E-state index contributed by atoms with van der Waals surface area (Å²) in [6.45, 7) is 5.25. The highest BCUT2D eigenvalue weighted by Gasteiger charge is 2.24. The molecule has 0 aliphatic carbocycles. The first-order valence-corrected chi connectivity index (χ1v) is 8.54. The molecule has 3 rings (SSSR count). The number of nitrogens with zero attached hydrogens (tertiary/aromatic N) is 3. The zero-order valence-corrected chi connectivity index (χ0v) is 14.6. The van der Waals surface area contributed by atoms with Gasteiger partial charge in [-0.3, -0.25) is 4.79 Å². The third-order valence-electron chi connectivity index (χ3n) is 4.18. The molecule has 1 amide bonds. The number of likely N-dealkylation sites (tertiary alicyclic amines) is 1. The number of carbonyl (C=O) groups is 1. The molecule has 2 heterocycles. The van der Waals surface area contributed by atoms with Gasteiger partial charge in [-0.05, 0) is 31.5 Å². The fourth-order valence-electron chi connectivity index (χ4n) is 2.84. The van der Waals surface area contributed by atoms with E-state index in [4.69, 9.17) is 9.47 Å². The van der Waals surface area contributed by atoms with Crippen molar-refractivity contribution in [3.8, 4) is 11.6 Å². The van der Waals surface area contributed by atoms with Crippen LogP contribution in [0, 0.1) is 13.8 Å². The molecular formula is C19H23N3O3. The molecule has 1 fully saturated rings. The molecule has 0 bridgehead atoms. The van der Waals surface area contributed by atoms with Crippen LogP contribution in [0.3, 0.4) is 0 Å². The third-order valence-corrected chi connectivity index (χ3v) is 4.18. The van der Waals surface area contributed by atoms with Gasteiger partial charge in [0.2, 0.25) is 5.88 Å². The number of piperidine rings is 1. The van der Waals surface area contributed by atoms with Gasteiger partial charge in [0.05, 0.1) is 0 Å². The van der Waals surface area contributed by atoms with Crippen molar-refractivity contribution in [1.82, 2.24) is 14.9 Å². The Morgan fingerprint density at radius 2 is 2.04 bits per heavy atom. The second kappa shape index (κ2) is 7.96. The van der Waals surface area contributed by atoms with Crippen LogP contribution in [0.5, 0.6) is 11.6 Å². The highest BCUT2D eigenvalue weighted by molar-refractivity contribution is 5.77. The lowest BCUT2D eigenvalue weighted by Gasteiger charge is -2.31. The Balaban J connectivity index is 1.44. The van der Waals surface area contributed by atoms with Crippen molar-refractivity contribution >= 4 is 5.91 Å². The van der Waals surface area contributed by atoms with Gasteiger partial charge in [0.15, 0.2) is 6.61 Å². The normalized spacial score (nSPS) is 15.0. The molecule has 0 saturated carbocycles. The first kappa shape index (κ1) is 17.2. The topological polar surface area (TPSA) is 64.5 Å². The Bertz CT molecular complexity index is 727. The van der Waals surface area contributed by atoms with Gasteiger partial charge in [0.1, 0.15) is 17.7 Å². The standard InChI is InChI=1S/C19H23N3O3/c1-14-4-3-5-17(12-14)24-13-19(23)22-10-7-16(8-11-22)25-18-6-9-20-15(2)21-18/h3-6,9,12,16H,7-8,10-11,13H2,1-2H3. The Labute approximate surface area is 147 Å². The molecule has 0 spiro atoms. The van der Waals surface area contributed by atoms with E-state index in [1.807, 2.05) is 43.0 Å².